The van der Waals surface area contributed by atoms with Gasteiger partial charge in [-0.1, -0.05) is 0 Å². The molecule has 2 saturated heterocycles. The van der Waals surface area contributed by atoms with Gasteiger partial charge in [0.05, 0.1) is 11.7 Å². The Kier molecular flexibility index (Phi) is 5.09. The molecule has 2 fully saturated rings. The van der Waals surface area contributed by atoms with Gasteiger partial charge >= 0.3 is 6.09 Å². The molecule has 0 radical (unpaired) electrons. The molecule has 0 bridgehead atoms. The predicted molar refractivity (Wildman–Crippen MR) is 98.0 cm³/mol. The number of rotatable bonds is 2. The van der Waals surface area contributed by atoms with Gasteiger partial charge in [0.25, 0.3) is 0 Å². The average Bonchev–Trinajstić information content (AvgIpc) is 3.14. The van der Waals surface area contributed by atoms with Crippen molar-refractivity contribution >= 4 is 6.09 Å². The number of carbonyl (C=O) groups is 1. The molecule has 0 spiro atoms. The molecule has 6 heteroatoms. The largest absolute Gasteiger partial charge is 0.444 e. The summed E-state index contributed by atoms with van der Waals surface area (Å²) in [6.45, 7) is 13.7. The lowest BCUT2D eigenvalue weighted by atomic mass is 9.96. The smallest absolute Gasteiger partial charge is 0.410 e. The molecular weight excluding hydrogens is 316 g/mol. The predicted octanol–water partition coefficient (Wildman–Crippen LogP) is 3.15. The third-order valence-electron chi connectivity index (χ3n) is 5.31. The lowest BCUT2D eigenvalue weighted by molar-refractivity contribution is 0.0184. The number of amides is 1. The first-order chi connectivity index (χ1) is 11.8. The monoisotopic (exact) mass is 348 g/mol. The van der Waals surface area contributed by atoms with Crippen LogP contribution in [0.3, 0.4) is 0 Å². The van der Waals surface area contributed by atoms with Crippen LogP contribution in [0.15, 0.2) is 0 Å². The molecule has 3 rings (SSSR count). The van der Waals surface area contributed by atoms with Crippen LogP contribution in [0.4, 0.5) is 4.79 Å². The van der Waals surface area contributed by atoms with Crippen LogP contribution in [-0.2, 0) is 4.74 Å². The number of hydrogen-bond donors (Lipinski definition) is 1. The number of ether oxygens (including phenoxy) is 1. The van der Waals surface area contributed by atoms with Crippen LogP contribution in [0.2, 0.25) is 0 Å². The number of hydrogen-bond acceptors (Lipinski definition) is 4. The molecule has 1 aromatic rings. The first kappa shape index (κ1) is 18.2. The van der Waals surface area contributed by atoms with Crippen LogP contribution in [0.25, 0.3) is 0 Å². The first-order valence-electron chi connectivity index (χ1n) is 9.50. The first-order valence-corrected chi connectivity index (χ1v) is 9.50. The zero-order valence-electron chi connectivity index (χ0n) is 16.3. The van der Waals surface area contributed by atoms with Gasteiger partial charge < -0.3 is 15.0 Å². The fourth-order valence-electron chi connectivity index (χ4n) is 4.14. The van der Waals surface area contributed by atoms with E-state index in [2.05, 4.69) is 23.8 Å². The number of aryl methyl sites for hydroxylation is 1. The number of nitrogens with zero attached hydrogens (tertiary/aromatic N) is 3. The summed E-state index contributed by atoms with van der Waals surface area (Å²) in [5, 5.41) is 8.32. The van der Waals surface area contributed by atoms with Crippen molar-refractivity contribution in [3.8, 4) is 0 Å². The van der Waals surface area contributed by atoms with Gasteiger partial charge in [0.15, 0.2) is 0 Å². The molecule has 0 aromatic carbocycles. The Balaban J connectivity index is 1.65. The van der Waals surface area contributed by atoms with Gasteiger partial charge in [-0.2, -0.15) is 5.10 Å². The minimum atomic E-state index is -0.437. The highest BCUT2D eigenvalue weighted by atomic mass is 16.6. The van der Waals surface area contributed by atoms with Crippen molar-refractivity contribution in [1.29, 1.82) is 0 Å². The summed E-state index contributed by atoms with van der Waals surface area (Å²) in [4.78, 5) is 14.1. The molecule has 25 heavy (non-hydrogen) atoms. The van der Waals surface area contributed by atoms with E-state index >= 15 is 0 Å². The summed E-state index contributed by atoms with van der Waals surface area (Å²) in [7, 11) is 0. The summed E-state index contributed by atoms with van der Waals surface area (Å²) >= 11 is 0. The van der Waals surface area contributed by atoms with E-state index in [-0.39, 0.29) is 6.09 Å². The van der Waals surface area contributed by atoms with Gasteiger partial charge in [-0.05, 0) is 60.4 Å². The average molecular weight is 348 g/mol. The van der Waals surface area contributed by atoms with Crippen LogP contribution in [-0.4, -0.2) is 52.6 Å². The van der Waals surface area contributed by atoms with Crippen LogP contribution < -0.4 is 5.32 Å². The topological polar surface area (TPSA) is 59.4 Å². The Hall–Kier alpha value is -1.56. The van der Waals surface area contributed by atoms with Crippen LogP contribution >= 0.6 is 0 Å². The minimum Gasteiger partial charge on any atom is -0.444 e. The fourth-order valence-corrected chi connectivity index (χ4v) is 4.14. The molecule has 2 aliphatic heterocycles. The molecule has 1 aromatic heterocycles. The molecule has 1 unspecified atom stereocenters. The maximum atomic E-state index is 12.2. The van der Waals surface area contributed by atoms with Gasteiger partial charge in [-0.25, -0.2) is 4.79 Å². The standard InChI is InChI=1S/C19H32N4O2/c1-13-17(15-6-9-20-12-15)14(2)23(21-13)16-7-10-22(11-8-16)18(24)25-19(3,4)5/h15-16,20H,6-12H2,1-5H3. The van der Waals surface area contributed by atoms with Crippen LogP contribution in [0, 0.1) is 13.8 Å². The second-order valence-corrected chi connectivity index (χ2v) is 8.42. The van der Waals surface area contributed by atoms with Gasteiger partial charge in [0.1, 0.15) is 5.60 Å². The van der Waals surface area contributed by atoms with Crippen molar-refractivity contribution in [1.82, 2.24) is 20.0 Å². The second kappa shape index (κ2) is 6.98. The Morgan fingerprint density at radius 3 is 2.44 bits per heavy atom. The van der Waals surface area contributed by atoms with Crippen molar-refractivity contribution in [3.63, 3.8) is 0 Å². The maximum Gasteiger partial charge on any atom is 0.410 e. The molecule has 1 atom stereocenters. The fraction of sp³-hybridized carbons (Fsp3) is 0.789. The molecule has 0 saturated carbocycles. The van der Waals surface area contributed by atoms with E-state index in [9.17, 15) is 4.79 Å². The zero-order chi connectivity index (χ0) is 18.2. The van der Waals surface area contributed by atoms with Crippen LogP contribution in [0.5, 0.6) is 0 Å². The number of piperidine rings is 1. The minimum absolute atomic E-state index is 0.197. The lowest BCUT2D eigenvalue weighted by Crippen LogP contribution is -2.42. The summed E-state index contributed by atoms with van der Waals surface area (Å²) in [5.74, 6) is 0.593. The Bertz CT molecular complexity index is 618. The number of aromatic nitrogens is 2. The molecule has 6 nitrogen and oxygen atoms in total. The molecule has 2 aliphatic rings. The van der Waals surface area contributed by atoms with Gasteiger partial charge in [0, 0.05) is 36.8 Å². The normalized spacial score (nSPS) is 22.4. The summed E-state index contributed by atoms with van der Waals surface area (Å²) in [5.41, 5.74) is 3.47. The third-order valence-corrected chi connectivity index (χ3v) is 5.31. The number of nitrogens with one attached hydrogen (secondary N) is 1. The van der Waals surface area contributed by atoms with Gasteiger partial charge in [-0.15, -0.1) is 0 Å². The SMILES string of the molecule is Cc1nn(C2CCN(C(=O)OC(C)(C)C)CC2)c(C)c1C1CCNC1. The quantitative estimate of drug-likeness (QED) is 0.892. The number of likely N-dealkylation sites (tertiary alicyclic amines) is 1. The van der Waals surface area contributed by atoms with Crippen molar-refractivity contribution in [3.05, 3.63) is 17.0 Å². The Morgan fingerprint density at radius 1 is 1.20 bits per heavy atom. The summed E-state index contributed by atoms with van der Waals surface area (Å²) in [6, 6.07) is 0.375. The van der Waals surface area contributed by atoms with Crippen molar-refractivity contribution < 1.29 is 9.53 Å². The van der Waals surface area contributed by atoms with Gasteiger partial charge in [-0.3, -0.25) is 4.68 Å². The van der Waals surface area contributed by atoms with E-state index in [1.807, 2.05) is 25.7 Å². The third kappa shape index (κ3) is 4.00. The Morgan fingerprint density at radius 2 is 1.88 bits per heavy atom. The highest BCUT2D eigenvalue weighted by Crippen LogP contribution is 2.32. The zero-order valence-corrected chi connectivity index (χ0v) is 16.3. The molecule has 1 amide bonds. The molecular formula is C19H32N4O2. The molecule has 140 valence electrons. The van der Waals surface area contributed by atoms with E-state index in [1.54, 1.807) is 0 Å². The van der Waals surface area contributed by atoms with E-state index in [4.69, 9.17) is 9.84 Å². The molecule has 0 aliphatic carbocycles. The lowest BCUT2D eigenvalue weighted by Gasteiger charge is -2.34. The Labute approximate surface area is 150 Å². The number of carbonyl (C=O) groups excluding carboxylic acids is 1. The van der Waals surface area contributed by atoms with Crippen molar-refractivity contribution in [2.24, 2.45) is 0 Å². The van der Waals surface area contributed by atoms with E-state index < -0.39 is 5.60 Å². The molecule has 3 heterocycles. The van der Waals surface area contributed by atoms with E-state index in [0.29, 0.717) is 12.0 Å². The summed E-state index contributed by atoms with van der Waals surface area (Å²) in [6.07, 6.45) is 2.87. The summed E-state index contributed by atoms with van der Waals surface area (Å²) < 4.78 is 7.71. The van der Waals surface area contributed by atoms with Crippen molar-refractivity contribution in [2.75, 3.05) is 26.2 Å². The van der Waals surface area contributed by atoms with E-state index in [1.165, 1.54) is 23.4 Å². The van der Waals surface area contributed by atoms with Crippen molar-refractivity contribution in [2.45, 2.75) is 71.4 Å². The molecule has 1 N–H and O–H groups in total. The van der Waals surface area contributed by atoms with E-state index in [0.717, 1.165) is 39.0 Å². The highest BCUT2D eigenvalue weighted by Gasteiger charge is 2.30. The maximum absolute atomic E-state index is 12.2. The van der Waals surface area contributed by atoms with Gasteiger partial charge in [0.2, 0.25) is 0 Å². The van der Waals surface area contributed by atoms with Crippen LogP contribution in [0.1, 0.15) is 68.9 Å². The highest BCUT2D eigenvalue weighted by molar-refractivity contribution is 5.68. The second-order valence-electron chi connectivity index (χ2n) is 8.42.